The lowest BCUT2D eigenvalue weighted by molar-refractivity contribution is -0.307. The molecule has 0 radical (unpaired) electrons. The van der Waals surface area contributed by atoms with Gasteiger partial charge in [-0.3, -0.25) is 14.7 Å². The predicted molar refractivity (Wildman–Crippen MR) is 120 cm³/mol. The van der Waals surface area contributed by atoms with Crippen LogP contribution in [0.25, 0.3) is 0 Å². The molecule has 0 bridgehead atoms. The number of rotatable bonds is 6. The normalized spacial score (nSPS) is 16.8. The minimum atomic E-state index is -1.12. The average Bonchev–Trinajstić information content (AvgIpc) is 2.81. The lowest BCUT2D eigenvalue weighted by atomic mass is 9.93. The van der Waals surface area contributed by atoms with E-state index in [0.717, 1.165) is 16.7 Å². The van der Waals surface area contributed by atoms with Gasteiger partial charge in [0.15, 0.2) is 0 Å². The second-order valence-electron chi connectivity index (χ2n) is 8.19. The van der Waals surface area contributed by atoms with Crippen molar-refractivity contribution in [2.24, 2.45) is 0 Å². The Morgan fingerprint density at radius 3 is 2.19 bits per heavy atom. The molecular weight excluding hydrogens is 402 g/mol. The van der Waals surface area contributed by atoms with Crippen LogP contribution in [-0.4, -0.2) is 52.3 Å². The molecule has 1 saturated heterocycles. The number of carbonyl (C=O) groups excluding carboxylic acids is 2. The number of piperazine rings is 1. The van der Waals surface area contributed by atoms with E-state index >= 15 is 0 Å². The van der Waals surface area contributed by atoms with E-state index in [0.29, 0.717) is 25.2 Å². The number of carboxylic acids is 1. The predicted octanol–water partition coefficient (Wildman–Crippen LogP) is 2.45. The molecule has 164 valence electrons. The van der Waals surface area contributed by atoms with Crippen molar-refractivity contribution in [2.45, 2.75) is 25.4 Å². The molecule has 6 heteroatoms. The summed E-state index contributed by atoms with van der Waals surface area (Å²) in [5, 5.41) is 11.6. The summed E-state index contributed by atoms with van der Waals surface area (Å²) in [6.45, 7) is 3.27. The minimum absolute atomic E-state index is 0.111. The molecule has 3 aromatic rings. The van der Waals surface area contributed by atoms with Crippen molar-refractivity contribution in [1.82, 2.24) is 14.8 Å². The first-order valence-corrected chi connectivity index (χ1v) is 10.8. The van der Waals surface area contributed by atoms with Crippen molar-refractivity contribution in [3.8, 4) is 0 Å². The highest BCUT2D eigenvalue weighted by molar-refractivity contribution is 5.94. The zero-order chi connectivity index (χ0) is 22.5. The van der Waals surface area contributed by atoms with Crippen LogP contribution in [0.1, 0.15) is 39.5 Å². The maximum Gasteiger partial charge on any atom is 0.255 e. The monoisotopic (exact) mass is 428 g/mol. The molecule has 1 aliphatic heterocycles. The van der Waals surface area contributed by atoms with E-state index in [4.69, 9.17) is 0 Å². The Bertz CT molecular complexity index is 1030. The number of benzene rings is 2. The molecule has 1 amide bonds. The lowest BCUT2D eigenvalue weighted by Crippen LogP contribution is -2.57. The second kappa shape index (κ2) is 9.75. The number of carboxylic acid groups (broad SMARTS) is 1. The maximum atomic E-state index is 13.1. The van der Waals surface area contributed by atoms with Crippen LogP contribution in [0.5, 0.6) is 0 Å². The van der Waals surface area contributed by atoms with E-state index < -0.39 is 5.97 Å². The first kappa shape index (κ1) is 21.7. The van der Waals surface area contributed by atoms with Gasteiger partial charge in [-0.1, -0.05) is 60.7 Å². The summed E-state index contributed by atoms with van der Waals surface area (Å²) in [6, 6.07) is 21.5. The molecule has 0 saturated carbocycles. The SMILES string of the molecule is Cc1cncc(C(=O)N2CCN(C(c3ccccc3)c3ccccc3)[C@H](CC(=O)[O-])C2)c1. The Labute approximate surface area is 188 Å². The summed E-state index contributed by atoms with van der Waals surface area (Å²) in [7, 11) is 0. The van der Waals surface area contributed by atoms with Gasteiger partial charge in [-0.25, -0.2) is 0 Å². The molecule has 6 nitrogen and oxygen atoms in total. The van der Waals surface area contributed by atoms with Gasteiger partial charge < -0.3 is 14.8 Å². The van der Waals surface area contributed by atoms with E-state index in [2.05, 4.69) is 34.1 Å². The molecule has 2 heterocycles. The fourth-order valence-electron chi connectivity index (χ4n) is 4.47. The highest BCUT2D eigenvalue weighted by Crippen LogP contribution is 2.33. The quantitative estimate of drug-likeness (QED) is 0.603. The van der Waals surface area contributed by atoms with Gasteiger partial charge in [-0.05, 0) is 29.7 Å². The molecule has 4 rings (SSSR count). The Morgan fingerprint density at radius 1 is 1.00 bits per heavy atom. The third-order valence-corrected chi connectivity index (χ3v) is 5.90. The first-order valence-electron chi connectivity index (χ1n) is 10.8. The van der Waals surface area contributed by atoms with Crippen molar-refractivity contribution in [2.75, 3.05) is 19.6 Å². The minimum Gasteiger partial charge on any atom is -0.550 e. The van der Waals surface area contributed by atoms with Gasteiger partial charge >= 0.3 is 0 Å². The smallest absolute Gasteiger partial charge is 0.255 e. The van der Waals surface area contributed by atoms with Crippen LogP contribution >= 0.6 is 0 Å². The van der Waals surface area contributed by atoms with Crippen molar-refractivity contribution in [3.63, 3.8) is 0 Å². The van der Waals surface area contributed by atoms with Crippen LogP contribution in [0.4, 0.5) is 0 Å². The Hall–Kier alpha value is -3.51. The molecule has 0 N–H and O–H groups in total. The number of nitrogens with zero attached hydrogens (tertiary/aromatic N) is 3. The topological polar surface area (TPSA) is 76.6 Å². The van der Waals surface area contributed by atoms with Crippen LogP contribution in [0.2, 0.25) is 0 Å². The summed E-state index contributed by atoms with van der Waals surface area (Å²) in [5.41, 5.74) is 3.61. The largest absolute Gasteiger partial charge is 0.550 e. The van der Waals surface area contributed by atoms with E-state index in [9.17, 15) is 14.7 Å². The average molecular weight is 429 g/mol. The Morgan fingerprint density at radius 2 is 1.62 bits per heavy atom. The van der Waals surface area contributed by atoms with Gasteiger partial charge in [0.05, 0.1) is 11.6 Å². The fourth-order valence-corrected chi connectivity index (χ4v) is 4.47. The molecule has 0 unspecified atom stereocenters. The van der Waals surface area contributed by atoms with Crippen LogP contribution in [0, 0.1) is 6.92 Å². The molecule has 1 aromatic heterocycles. The van der Waals surface area contributed by atoms with E-state index in [-0.39, 0.29) is 24.4 Å². The molecule has 1 fully saturated rings. The van der Waals surface area contributed by atoms with Crippen LogP contribution in [-0.2, 0) is 4.79 Å². The molecule has 1 atom stereocenters. The Balaban J connectivity index is 1.65. The highest BCUT2D eigenvalue weighted by Gasteiger charge is 2.35. The van der Waals surface area contributed by atoms with Gasteiger partial charge in [0.1, 0.15) is 0 Å². The third kappa shape index (κ3) is 4.86. The molecule has 1 aliphatic rings. The van der Waals surface area contributed by atoms with E-state index in [1.165, 1.54) is 0 Å². The van der Waals surface area contributed by atoms with Crippen LogP contribution in [0.3, 0.4) is 0 Å². The molecule has 0 spiro atoms. The van der Waals surface area contributed by atoms with Gasteiger partial charge in [0, 0.05) is 50.5 Å². The number of carbonyl (C=O) groups is 2. The third-order valence-electron chi connectivity index (χ3n) is 5.90. The lowest BCUT2D eigenvalue weighted by Gasteiger charge is -2.46. The van der Waals surface area contributed by atoms with Gasteiger partial charge in [0.2, 0.25) is 0 Å². The summed E-state index contributed by atoms with van der Waals surface area (Å²) < 4.78 is 0. The molecular formula is C26H26N3O3-. The van der Waals surface area contributed by atoms with Gasteiger partial charge in [-0.2, -0.15) is 0 Å². The fraction of sp³-hybridized carbons (Fsp3) is 0.269. The number of hydrogen-bond acceptors (Lipinski definition) is 5. The number of amides is 1. The summed E-state index contributed by atoms with van der Waals surface area (Å²) in [4.78, 5) is 32.8. The number of hydrogen-bond donors (Lipinski definition) is 0. The Kier molecular flexibility index (Phi) is 6.61. The first-order chi connectivity index (χ1) is 15.5. The molecule has 2 aromatic carbocycles. The maximum absolute atomic E-state index is 13.1. The van der Waals surface area contributed by atoms with Crippen molar-refractivity contribution in [3.05, 3.63) is 101 Å². The van der Waals surface area contributed by atoms with Crippen molar-refractivity contribution < 1.29 is 14.7 Å². The zero-order valence-electron chi connectivity index (χ0n) is 18.1. The number of aryl methyl sites for hydroxylation is 1. The van der Waals surface area contributed by atoms with Gasteiger partial charge in [0.25, 0.3) is 5.91 Å². The zero-order valence-corrected chi connectivity index (χ0v) is 18.1. The van der Waals surface area contributed by atoms with E-state index in [1.807, 2.05) is 49.4 Å². The second-order valence-corrected chi connectivity index (χ2v) is 8.19. The van der Waals surface area contributed by atoms with Crippen molar-refractivity contribution >= 4 is 11.9 Å². The number of aromatic nitrogens is 1. The van der Waals surface area contributed by atoms with E-state index in [1.54, 1.807) is 17.3 Å². The number of pyridine rings is 1. The number of aliphatic carboxylic acids is 1. The summed E-state index contributed by atoms with van der Waals surface area (Å²) >= 11 is 0. The molecule has 0 aliphatic carbocycles. The summed E-state index contributed by atoms with van der Waals surface area (Å²) in [5.74, 6) is -1.24. The van der Waals surface area contributed by atoms with Crippen LogP contribution in [0.15, 0.2) is 79.1 Å². The molecule has 32 heavy (non-hydrogen) atoms. The van der Waals surface area contributed by atoms with Crippen molar-refractivity contribution in [1.29, 1.82) is 0 Å². The summed E-state index contributed by atoms with van der Waals surface area (Å²) in [6.07, 6.45) is 3.12. The highest BCUT2D eigenvalue weighted by atomic mass is 16.4. The standard InChI is InChI=1S/C26H27N3O3/c1-19-14-22(17-27-16-19)26(32)28-12-13-29(23(18-28)15-24(30)31)25(20-8-4-2-5-9-20)21-10-6-3-7-11-21/h2-11,14,16-17,23,25H,12-13,15,18H2,1H3,(H,30,31)/p-1/t23-/m1/s1. The van der Waals surface area contributed by atoms with Gasteiger partial charge in [-0.15, -0.1) is 0 Å². The van der Waals surface area contributed by atoms with Crippen LogP contribution < -0.4 is 5.11 Å².